The zero-order valence-corrected chi connectivity index (χ0v) is 16.9. The molecular formula is C20H32O6. The van der Waals surface area contributed by atoms with Crippen molar-refractivity contribution in [3.63, 3.8) is 0 Å². The fraction of sp³-hybridized carbons (Fsp3) is 0.700. The summed E-state index contributed by atoms with van der Waals surface area (Å²) in [6.45, 7) is 6.51. The SMILES string of the molecule is COc1ccc(OC)c([C@H](OC)[C@@H](C)C[C@@H]2OC(C)(C)OC[C@@H]2OC)c1. The molecular weight excluding hydrogens is 336 g/mol. The summed E-state index contributed by atoms with van der Waals surface area (Å²) in [7, 11) is 6.71. The Labute approximate surface area is 156 Å². The van der Waals surface area contributed by atoms with Crippen LogP contribution in [0.25, 0.3) is 0 Å². The predicted molar refractivity (Wildman–Crippen MR) is 98.8 cm³/mol. The highest BCUT2D eigenvalue weighted by Crippen LogP contribution is 2.38. The second kappa shape index (κ2) is 9.04. The second-order valence-electron chi connectivity index (χ2n) is 7.12. The first kappa shape index (κ1) is 21.0. The summed E-state index contributed by atoms with van der Waals surface area (Å²) in [4.78, 5) is 0. The quantitative estimate of drug-likeness (QED) is 0.699. The fourth-order valence-electron chi connectivity index (χ4n) is 3.50. The van der Waals surface area contributed by atoms with E-state index < -0.39 is 5.79 Å². The van der Waals surface area contributed by atoms with Crippen LogP contribution in [-0.4, -0.2) is 53.0 Å². The van der Waals surface area contributed by atoms with Gasteiger partial charge in [0.1, 0.15) is 17.6 Å². The molecule has 1 aromatic carbocycles. The first-order valence-electron chi connectivity index (χ1n) is 8.94. The molecule has 148 valence electrons. The Bertz CT molecular complexity index is 573. The van der Waals surface area contributed by atoms with Gasteiger partial charge in [0.25, 0.3) is 0 Å². The van der Waals surface area contributed by atoms with E-state index in [2.05, 4.69) is 6.92 Å². The number of hydrogen-bond acceptors (Lipinski definition) is 6. The van der Waals surface area contributed by atoms with E-state index in [1.807, 2.05) is 32.0 Å². The highest BCUT2D eigenvalue weighted by atomic mass is 16.7. The van der Waals surface area contributed by atoms with E-state index in [-0.39, 0.29) is 24.2 Å². The van der Waals surface area contributed by atoms with E-state index in [1.54, 1.807) is 28.4 Å². The lowest BCUT2D eigenvalue weighted by atomic mass is 9.89. The Balaban J connectivity index is 2.21. The van der Waals surface area contributed by atoms with E-state index in [4.69, 9.17) is 28.4 Å². The van der Waals surface area contributed by atoms with Crippen molar-refractivity contribution in [1.82, 2.24) is 0 Å². The summed E-state index contributed by atoms with van der Waals surface area (Å²) in [5, 5.41) is 0. The van der Waals surface area contributed by atoms with Gasteiger partial charge in [-0.3, -0.25) is 0 Å². The Morgan fingerprint density at radius 3 is 2.46 bits per heavy atom. The smallest absolute Gasteiger partial charge is 0.163 e. The van der Waals surface area contributed by atoms with Crippen LogP contribution in [0.15, 0.2) is 18.2 Å². The molecule has 1 saturated heterocycles. The van der Waals surface area contributed by atoms with E-state index in [0.717, 1.165) is 23.5 Å². The summed E-state index contributed by atoms with van der Waals surface area (Å²) >= 11 is 0. The van der Waals surface area contributed by atoms with Gasteiger partial charge in [-0.2, -0.15) is 0 Å². The van der Waals surface area contributed by atoms with Crippen LogP contribution in [0.2, 0.25) is 0 Å². The molecule has 1 aliphatic heterocycles. The molecule has 0 aromatic heterocycles. The average molecular weight is 368 g/mol. The molecule has 26 heavy (non-hydrogen) atoms. The molecule has 4 atom stereocenters. The number of methoxy groups -OCH3 is 4. The van der Waals surface area contributed by atoms with Crippen molar-refractivity contribution in [2.75, 3.05) is 35.0 Å². The topological polar surface area (TPSA) is 55.4 Å². The Morgan fingerprint density at radius 1 is 1.15 bits per heavy atom. The molecule has 1 fully saturated rings. The Morgan fingerprint density at radius 2 is 1.88 bits per heavy atom. The van der Waals surface area contributed by atoms with Gasteiger partial charge >= 0.3 is 0 Å². The van der Waals surface area contributed by atoms with Crippen LogP contribution in [0.5, 0.6) is 11.5 Å². The molecule has 1 aromatic rings. The van der Waals surface area contributed by atoms with Crippen molar-refractivity contribution in [3.8, 4) is 11.5 Å². The molecule has 0 N–H and O–H groups in total. The van der Waals surface area contributed by atoms with Gasteiger partial charge in [-0.05, 0) is 44.4 Å². The third kappa shape index (κ3) is 4.88. The highest BCUT2D eigenvalue weighted by Gasteiger charge is 2.38. The molecule has 1 aliphatic rings. The van der Waals surface area contributed by atoms with Crippen LogP contribution in [-0.2, 0) is 18.9 Å². The van der Waals surface area contributed by atoms with Gasteiger partial charge in [0.2, 0.25) is 0 Å². The monoisotopic (exact) mass is 368 g/mol. The van der Waals surface area contributed by atoms with Crippen LogP contribution in [0.3, 0.4) is 0 Å². The van der Waals surface area contributed by atoms with E-state index in [1.165, 1.54) is 0 Å². The second-order valence-corrected chi connectivity index (χ2v) is 7.12. The van der Waals surface area contributed by atoms with Gasteiger partial charge in [-0.15, -0.1) is 0 Å². The maximum absolute atomic E-state index is 6.12. The zero-order valence-electron chi connectivity index (χ0n) is 16.9. The van der Waals surface area contributed by atoms with Crippen LogP contribution in [0, 0.1) is 5.92 Å². The van der Waals surface area contributed by atoms with Gasteiger partial charge in [0.05, 0.1) is 33.0 Å². The van der Waals surface area contributed by atoms with Gasteiger partial charge in [-0.1, -0.05) is 6.92 Å². The molecule has 0 radical (unpaired) electrons. The van der Waals surface area contributed by atoms with Crippen molar-refractivity contribution in [1.29, 1.82) is 0 Å². The Kier molecular flexibility index (Phi) is 7.29. The maximum atomic E-state index is 6.12. The standard InChI is InChI=1S/C20H32O6/c1-13(10-17-18(23-6)12-25-20(2,3)26-17)19(24-7)15-11-14(21-4)8-9-16(15)22-5/h8-9,11,13,17-19H,10,12H2,1-7H3/t13-,17-,18-,19+/m0/s1. The minimum atomic E-state index is -0.615. The van der Waals surface area contributed by atoms with Crippen LogP contribution in [0.1, 0.15) is 38.9 Å². The molecule has 6 nitrogen and oxygen atoms in total. The zero-order chi connectivity index (χ0) is 19.3. The first-order chi connectivity index (χ1) is 12.3. The molecule has 1 heterocycles. The van der Waals surface area contributed by atoms with E-state index >= 15 is 0 Å². The van der Waals surface area contributed by atoms with Gasteiger partial charge < -0.3 is 28.4 Å². The highest BCUT2D eigenvalue weighted by molar-refractivity contribution is 5.42. The molecule has 2 rings (SSSR count). The van der Waals surface area contributed by atoms with Crippen LogP contribution in [0.4, 0.5) is 0 Å². The van der Waals surface area contributed by atoms with Crippen molar-refractivity contribution in [2.24, 2.45) is 5.92 Å². The summed E-state index contributed by atoms with van der Waals surface area (Å²) in [6.07, 6.45) is 0.430. The number of ether oxygens (including phenoxy) is 6. The maximum Gasteiger partial charge on any atom is 0.163 e. The third-order valence-corrected chi connectivity index (χ3v) is 4.87. The molecule has 0 bridgehead atoms. The van der Waals surface area contributed by atoms with Gasteiger partial charge in [0, 0.05) is 19.8 Å². The van der Waals surface area contributed by atoms with Crippen molar-refractivity contribution >= 4 is 0 Å². The number of rotatable bonds is 8. The summed E-state index contributed by atoms with van der Waals surface area (Å²) in [6, 6.07) is 5.75. The fourth-order valence-corrected chi connectivity index (χ4v) is 3.50. The largest absolute Gasteiger partial charge is 0.497 e. The molecule has 0 spiro atoms. The molecule has 0 amide bonds. The number of hydrogen-bond donors (Lipinski definition) is 0. The predicted octanol–water partition coefficient (Wildman–Crippen LogP) is 3.58. The van der Waals surface area contributed by atoms with E-state index in [9.17, 15) is 0 Å². The van der Waals surface area contributed by atoms with Crippen LogP contribution >= 0.6 is 0 Å². The summed E-state index contributed by atoms with van der Waals surface area (Å²) < 4.78 is 34.1. The lowest BCUT2D eigenvalue weighted by Crippen LogP contribution is -2.50. The normalized spacial score (nSPS) is 24.7. The van der Waals surface area contributed by atoms with Crippen molar-refractivity contribution in [3.05, 3.63) is 23.8 Å². The Hall–Kier alpha value is -1.34. The molecule has 0 aliphatic carbocycles. The molecule has 6 heteroatoms. The average Bonchev–Trinajstić information content (AvgIpc) is 2.61. The molecule has 0 unspecified atom stereocenters. The van der Waals surface area contributed by atoms with Gasteiger partial charge in [-0.25, -0.2) is 0 Å². The lowest BCUT2D eigenvalue weighted by molar-refractivity contribution is -0.310. The van der Waals surface area contributed by atoms with Gasteiger partial charge in [0.15, 0.2) is 5.79 Å². The van der Waals surface area contributed by atoms with Crippen molar-refractivity contribution in [2.45, 2.75) is 51.3 Å². The van der Waals surface area contributed by atoms with Crippen molar-refractivity contribution < 1.29 is 28.4 Å². The number of benzene rings is 1. The van der Waals surface area contributed by atoms with E-state index in [0.29, 0.717) is 6.61 Å². The summed E-state index contributed by atoms with van der Waals surface area (Å²) in [5.41, 5.74) is 0.960. The minimum Gasteiger partial charge on any atom is -0.497 e. The van der Waals surface area contributed by atoms with Crippen LogP contribution < -0.4 is 9.47 Å². The summed E-state index contributed by atoms with van der Waals surface area (Å²) in [5.74, 6) is 1.10. The minimum absolute atomic E-state index is 0.0759. The lowest BCUT2D eigenvalue weighted by Gasteiger charge is -2.42. The third-order valence-electron chi connectivity index (χ3n) is 4.87. The first-order valence-corrected chi connectivity index (χ1v) is 8.94. The molecule has 0 saturated carbocycles.